The number of carboxylic acid groups (broad SMARTS) is 1. The largest absolute Gasteiger partial charge is 0.465 e. The van der Waals surface area contributed by atoms with Gasteiger partial charge in [0.1, 0.15) is 11.6 Å². The Morgan fingerprint density at radius 2 is 2.04 bits per heavy atom. The molecule has 1 fully saturated rings. The van der Waals surface area contributed by atoms with Gasteiger partial charge in [-0.05, 0) is 67.9 Å². The van der Waals surface area contributed by atoms with Gasteiger partial charge in [0, 0.05) is 23.7 Å². The summed E-state index contributed by atoms with van der Waals surface area (Å²) in [5, 5.41) is 9.88. The zero-order valence-electron chi connectivity index (χ0n) is 14.3. The third-order valence-corrected chi connectivity index (χ3v) is 4.80. The molecule has 0 unspecified atom stereocenters. The number of carbonyl (C=O) groups is 1. The van der Waals surface area contributed by atoms with E-state index in [4.69, 9.17) is 11.6 Å². The molecule has 1 atom stereocenters. The van der Waals surface area contributed by atoms with Gasteiger partial charge in [0.15, 0.2) is 0 Å². The summed E-state index contributed by atoms with van der Waals surface area (Å²) in [4.78, 5) is 15.2. The molecular formula is C19H19ClF2N2O2. The quantitative estimate of drug-likeness (QED) is 0.834. The maximum Gasteiger partial charge on any atom is 0.411 e. The number of hydrogen-bond donors (Lipinski definition) is 1. The van der Waals surface area contributed by atoms with Crippen molar-refractivity contribution in [3.63, 3.8) is 0 Å². The van der Waals surface area contributed by atoms with Crippen LogP contribution in [0.1, 0.15) is 6.42 Å². The van der Waals surface area contributed by atoms with Crippen molar-refractivity contribution >= 4 is 23.4 Å². The minimum Gasteiger partial charge on any atom is -0.465 e. The Hall–Kier alpha value is -2.18. The van der Waals surface area contributed by atoms with Gasteiger partial charge in [0.25, 0.3) is 0 Å². The molecule has 2 aromatic rings. The first-order chi connectivity index (χ1) is 12.3. The Kier molecular flexibility index (Phi) is 5.44. The highest BCUT2D eigenvalue weighted by molar-refractivity contribution is 6.30. The second kappa shape index (κ2) is 7.60. The topological polar surface area (TPSA) is 43.8 Å². The molecule has 0 radical (unpaired) electrons. The molecule has 1 aliphatic rings. The van der Waals surface area contributed by atoms with Crippen LogP contribution in [-0.4, -0.2) is 42.8 Å². The Labute approximate surface area is 155 Å². The fraction of sp³-hybridized carbons (Fsp3) is 0.316. The van der Waals surface area contributed by atoms with Gasteiger partial charge in [0.2, 0.25) is 0 Å². The highest BCUT2D eigenvalue weighted by Crippen LogP contribution is 2.34. The minimum atomic E-state index is -1.13. The first kappa shape index (κ1) is 18.6. The van der Waals surface area contributed by atoms with Crippen molar-refractivity contribution in [2.24, 2.45) is 5.92 Å². The second-order valence-corrected chi connectivity index (χ2v) is 7.07. The molecule has 2 aromatic carbocycles. The molecule has 7 heteroatoms. The van der Waals surface area contributed by atoms with Crippen LogP contribution in [0.2, 0.25) is 5.02 Å². The van der Waals surface area contributed by atoms with Crippen LogP contribution in [0.4, 0.5) is 19.3 Å². The summed E-state index contributed by atoms with van der Waals surface area (Å²) in [6.45, 7) is 2.00. The van der Waals surface area contributed by atoms with E-state index in [2.05, 4.69) is 4.90 Å². The summed E-state index contributed by atoms with van der Waals surface area (Å²) in [7, 11) is 1.99. The van der Waals surface area contributed by atoms with Crippen LogP contribution in [0, 0.1) is 17.6 Å². The van der Waals surface area contributed by atoms with Crippen LogP contribution in [0.25, 0.3) is 11.1 Å². The van der Waals surface area contributed by atoms with Gasteiger partial charge in [-0.3, -0.25) is 4.90 Å². The molecule has 1 aliphatic heterocycles. The van der Waals surface area contributed by atoms with Crippen molar-refractivity contribution in [3.8, 4) is 11.1 Å². The first-order valence-corrected chi connectivity index (χ1v) is 8.66. The van der Waals surface area contributed by atoms with Gasteiger partial charge in [-0.2, -0.15) is 0 Å². The van der Waals surface area contributed by atoms with E-state index in [9.17, 15) is 18.7 Å². The smallest absolute Gasteiger partial charge is 0.411 e. The fourth-order valence-electron chi connectivity index (χ4n) is 3.40. The highest BCUT2D eigenvalue weighted by atomic mass is 35.5. The number of rotatable bonds is 4. The van der Waals surface area contributed by atoms with E-state index in [0.29, 0.717) is 23.4 Å². The predicted octanol–water partition coefficient (Wildman–Crippen LogP) is 4.72. The Bertz CT molecular complexity index is 811. The second-order valence-electron chi connectivity index (χ2n) is 6.63. The molecule has 1 N–H and O–H groups in total. The number of nitrogens with zero attached hydrogens (tertiary/aromatic N) is 2. The molecule has 138 valence electrons. The fourth-order valence-corrected chi connectivity index (χ4v) is 3.62. The summed E-state index contributed by atoms with van der Waals surface area (Å²) in [6, 6.07) is 7.68. The van der Waals surface area contributed by atoms with E-state index in [1.54, 1.807) is 0 Å². The minimum absolute atomic E-state index is 0.162. The van der Waals surface area contributed by atoms with E-state index in [1.807, 2.05) is 7.05 Å². The van der Waals surface area contributed by atoms with Crippen LogP contribution in [0.3, 0.4) is 0 Å². The van der Waals surface area contributed by atoms with Crippen LogP contribution in [0.15, 0.2) is 36.4 Å². The van der Waals surface area contributed by atoms with Crippen LogP contribution >= 0.6 is 11.6 Å². The molecule has 1 amide bonds. The Morgan fingerprint density at radius 1 is 1.27 bits per heavy atom. The monoisotopic (exact) mass is 380 g/mol. The maximum absolute atomic E-state index is 13.9. The molecular weight excluding hydrogens is 362 g/mol. The highest BCUT2D eigenvalue weighted by Gasteiger charge is 2.27. The molecule has 3 rings (SSSR count). The predicted molar refractivity (Wildman–Crippen MR) is 97.8 cm³/mol. The molecule has 1 saturated heterocycles. The Morgan fingerprint density at radius 3 is 2.65 bits per heavy atom. The standard InChI is InChI=1S/C19H19ClF2N2O2/c1-23-5-4-12(10-23)11-24(19(25)26)18-3-2-15(21)9-17(18)13-6-14(20)8-16(22)7-13/h2-3,6-9,12H,4-5,10-11H2,1H3,(H,25,26)/t12-/m1/s1. The van der Waals surface area contributed by atoms with Crippen LogP contribution in [-0.2, 0) is 0 Å². The summed E-state index contributed by atoms with van der Waals surface area (Å²) >= 11 is 5.92. The molecule has 0 aliphatic carbocycles. The van der Waals surface area contributed by atoms with Crippen molar-refractivity contribution in [3.05, 3.63) is 53.1 Å². The zero-order chi connectivity index (χ0) is 18.8. The molecule has 0 aromatic heterocycles. The third-order valence-electron chi connectivity index (χ3n) is 4.58. The van der Waals surface area contributed by atoms with Gasteiger partial charge in [0.05, 0.1) is 5.69 Å². The lowest BCUT2D eigenvalue weighted by Crippen LogP contribution is -2.35. The van der Waals surface area contributed by atoms with E-state index in [1.165, 1.54) is 35.2 Å². The lowest BCUT2D eigenvalue weighted by Gasteiger charge is -2.25. The summed E-state index contributed by atoms with van der Waals surface area (Å²) in [5.74, 6) is -0.915. The number of halogens is 3. The van der Waals surface area contributed by atoms with E-state index >= 15 is 0 Å². The van der Waals surface area contributed by atoms with Crippen molar-refractivity contribution < 1.29 is 18.7 Å². The average molecular weight is 381 g/mol. The molecule has 4 nitrogen and oxygen atoms in total. The van der Waals surface area contributed by atoms with Gasteiger partial charge < -0.3 is 10.0 Å². The van der Waals surface area contributed by atoms with Crippen LogP contribution < -0.4 is 4.90 Å². The first-order valence-electron chi connectivity index (χ1n) is 8.28. The number of amides is 1. The maximum atomic E-state index is 13.9. The van der Waals surface area contributed by atoms with Crippen molar-refractivity contribution in [1.29, 1.82) is 0 Å². The zero-order valence-corrected chi connectivity index (χ0v) is 15.0. The average Bonchev–Trinajstić information content (AvgIpc) is 2.97. The number of benzene rings is 2. The molecule has 0 spiro atoms. The summed E-state index contributed by atoms with van der Waals surface area (Å²) in [5.41, 5.74) is 0.939. The van der Waals surface area contributed by atoms with Crippen molar-refractivity contribution in [2.75, 3.05) is 31.6 Å². The van der Waals surface area contributed by atoms with E-state index in [-0.39, 0.29) is 10.9 Å². The van der Waals surface area contributed by atoms with Crippen molar-refractivity contribution in [2.45, 2.75) is 6.42 Å². The number of anilines is 1. The van der Waals surface area contributed by atoms with E-state index < -0.39 is 17.7 Å². The number of likely N-dealkylation sites (tertiary alicyclic amines) is 1. The normalized spacial score (nSPS) is 17.5. The lowest BCUT2D eigenvalue weighted by molar-refractivity contribution is 0.200. The van der Waals surface area contributed by atoms with Gasteiger partial charge >= 0.3 is 6.09 Å². The van der Waals surface area contributed by atoms with Crippen LogP contribution in [0.5, 0.6) is 0 Å². The summed E-state index contributed by atoms with van der Waals surface area (Å²) in [6.07, 6.45) is -0.238. The molecule has 0 bridgehead atoms. The molecule has 1 heterocycles. The van der Waals surface area contributed by atoms with Crippen molar-refractivity contribution in [1.82, 2.24) is 4.90 Å². The van der Waals surface area contributed by atoms with Gasteiger partial charge in [-0.1, -0.05) is 11.6 Å². The SMILES string of the molecule is CN1CC[C@@H](CN(C(=O)O)c2ccc(F)cc2-c2cc(F)cc(Cl)c2)C1. The summed E-state index contributed by atoms with van der Waals surface area (Å²) < 4.78 is 27.6. The third kappa shape index (κ3) is 4.14. The van der Waals surface area contributed by atoms with E-state index in [0.717, 1.165) is 25.6 Å². The van der Waals surface area contributed by atoms with Gasteiger partial charge in [-0.15, -0.1) is 0 Å². The lowest BCUT2D eigenvalue weighted by atomic mass is 10.0. The number of hydrogen-bond acceptors (Lipinski definition) is 2. The molecule has 26 heavy (non-hydrogen) atoms. The molecule has 0 saturated carbocycles. The Balaban J connectivity index is 2.03. The van der Waals surface area contributed by atoms with Gasteiger partial charge in [-0.25, -0.2) is 13.6 Å².